The van der Waals surface area contributed by atoms with Crippen LogP contribution in [0.2, 0.25) is 0 Å². The van der Waals surface area contributed by atoms with Gasteiger partial charge in [0.15, 0.2) is 0 Å². The molecule has 0 amide bonds. The molecule has 0 aromatic heterocycles. The van der Waals surface area contributed by atoms with Crippen LogP contribution in [-0.4, -0.2) is 13.1 Å². The van der Waals surface area contributed by atoms with Crippen molar-refractivity contribution in [3.63, 3.8) is 0 Å². The van der Waals surface area contributed by atoms with Gasteiger partial charge in [0.25, 0.3) is 0 Å². The van der Waals surface area contributed by atoms with Crippen LogP contribution < -0.4 is 10.6 Å². The summed E-state index contributed by atoms with van der Waals surface area (Å²) >= 11 is 0. The van der Waals surface area contributed by atoms with Crippen LogP contribution in [-0.2, 0) is 6.42 Å². The Morgan fingerprint density at radius 2 is 0.839 bits per heavy atom. The Bertz CT molecular complexity index is 584. The van der Waals surface area contributed by atoms with Crippen molar-refractivity contribution in [1.29, 1.82) is 0 Å². The highest BCUT2D eigenvalue weighted by atomic mass is 35.5. The van der Waals surface area contributed by atoms with Gasteiger partial charge in [0.2, 0.25) is 0 Å². The predicted octanol–water partition coefficient (Wildman–Crippen LogP) is 8.89. The Balaban J connectivity index is 0.00000450. The topological polar surface area (TPSA) is 24.1 Å². The van der Waals surface area contributed by atoms with Crippen LogP contribution in [0.25, 0.3) is 0 Å². The molecule has 2 aromatic carbocycles. The Kier molecular flexibility index (Phi) is 18.5. The van der Waals surface area contributed by atoms with E-state index in [1.807, 2.05) is 0 Å². The van der Waals surface area contributed by atoms with Gasteiger partial charge in [-0.05, 0) is 54.7 Å². The summed E-state index contributed by atoms with van der Waals surface area (Å²) in [4.78, 5) is 0. The lowest BCUT2D eigenvalue weighted by atomic mass is 10.0. The Labute approximate surface area is 203 Å². The average Bonchev–Trinajstić information content (AvgIpc) is 2.75. The van der Waals surface area contributed by atoms with Crippen molar-refractivity contribution >= 4 is 36.2 Å². The number of halogens is 2. The number of hydrogen-bond acceptors (Lipinski definition) is 2. The van der Waals surface area contributed by atoms with Crippen molar-refractivity contribution in [2.75, 3.05) is 23.7 Å². The molecule has 2 nitrogen and oxygen atoms in total. The quantitative estimate of drug-likeness (QED) is 0.241. The minimum Gasteiger partial charge on any atom is -0.385 e. The molecule has 31 heavy (non-hydrogen) atoms. The van der Waals surface area contributed by atoms with E-state index in [1.54, 1.807) is 0 Å². The maximum atomic E-state index is 3.55. The molecule has 2 N–H and O–H groups in total. The maximum Gasteiger partial charge on any atom is 0.0340 e. The minimum absolute atomic E-state index is 0. The van der Waals surface area contributed by atoms with E-state index in [-0.39, 0.29) is 24.8 Å². The zero-order chi connectivity index (χ0) is 20.6. The molecule has 4 heteroatoms. The van der Waals surface area contributed by atoms with Crippen LogP contribution in [0.15, 0.2) is 48.5 Å². The summed E-state index contributed by atoms with van der Waals surface area (Å²) in [6.07, 6.45) is 14.3. The number of unbranched alkanes of at least 4 members (excludes halogenated alkanes) is 8. The molecule has 0 saturated heterocycles. The number of rotatable bonds is 16. The lowest BCUT2D eigenvalue weighted by Gasteiger charge is -2.09. The van der Waals surface area contributed by atoms with Gasteiger partial charge in [-0.2, -0.15) is 0 Å². The predicted molar refractivity (Wildman–Crippen MR) is 145 cm³/mol. The van der Waals surface area contributed by atoms with Gasteiger partial charge in [-0.25, -0.2) is 0 Å². The van der Waals surface area contributed by atoms with E-state index in [1.165, 1.54) is 86.7 Å². The lowest BCUT2D eigenvalue weighted by molar-refractivity contribution is 0.645. The first kappa shape index (κ1) is 29.6. The highest BCUT2D eigenvalue weighted by Gasteiger charge is 1.99. The summed E-state index contributed by atoms with van der Waals surface area (Å²) in [6.45, 7) is 6.69. The van der Waals surface area contributed by atoms with Gasteiger partial charge in [-0.15, -0.1) is 24.8 Å². The first-order valence-electron chi connectivity index (χ1n) is 12.0. The van der Waals surface area contributed by atoms with E-state index in [2.05, 4.69) is 73.0 Å². The van der Waals surface area contributed by atoms with Gasteiger partial charge in [-0.1, -0.05) is 89.5 Å². The third-order valence-electron chi connectivity index (χ3n) is 5.54. The number of hydrogen-bond donors (Lipinski definition) is 2. The van der Waals surface area contributed by atoms with Gasteiger partial charge < -0.3 is 10.6 Å². The van der Waals surface area contributed by atoms with Crippen molar-refractivity contribution in [1.82, 2.24) is 0 Å². The minimum atomic E-state index is 0. The molecule has 0 radical (unpaired) electrons. The van der Waals surface area contributed by atoms with E-state index in [0.717, 1.165) is 19.5 Å². The second-order valence-corrected chi connectivity index (χ2v) is 8.25. The molecule has 0 unspecified atom stereocenters. The van der Waals surface area contributed by atoms with Crippen LogP contribution in [0.1, 0.15) is 89.2 Å². The van der Waals surface area contributed by atoms with Crippen molar-refractivity contribution in [2.45, 2.75) is 84.5 Å². The Morgan fingerprint density at radius 1 is 0.484 bits per heavy atom. The molecule has 0 atom stereocenters. The van der Waals surface area contributed by atoms with E-state index in [0.29, 0.717) is 0 Å². The molecule has 0 saturated carbocycles. The normalized spacial score (nSPS) is 10.1. The van der Waals surface area contributed by atoms with Gasteiger partial charge in [-0.3, -0.25) is 0 Å². The molecular weight excluding hydrogens is 423 g/mol. The van der Waals surface area contributed by atoms with Gasteiger partial charge in [0.1, 0.15) is 0 Å². The van der Waals surface area contributed by atoms with E-state index < -0.39 is 0 Å². The third-order valence-corrected chi connectivity index (χ3v) is 5.54. The standard InChI is InChI=1S/C27H42N2.2ClH/c1-3-5-7-9-11-21-28-26-17-13-24(14-18-26)23-25-15-19-27(20-16-25)29-22-12-10-8-6-4-2;;/h13-20,28-29H,3-12,21-23H2,1-2H3;2*1H. The maximum absolute atomic E-state index is 3.55. The Hall–Kier alpha value is -1.38. The summed E-state index contributed by atoms with van der Waals surface area (Å²) in [5.41, 5.74) is 5.22. The van der Waals surface area contributed by atoms with Crippen molar-refractivity contribution in [3.05, 3.63) is 59.7 Å². The van der Waals surface area contributed by atoms with Crippen LogP contribution >= 0.6 is 24.8 Å². The molecule has 0 fully saturated rings. The fraction of sp³-hybridized carbons (Fsp3) is 0.556. The summed E-state index contributed by atoms with van der Waals surface area (Å²) in [6, 6.07) is 17.9. The van der Waals surface area contributed by atoms with Crippen LogP contribution in [0, 0.1) is 0 Å². The van der Waals surface area contributed by atoms with Crippen LogP contribution in [0.4, 0.5) is 11.4 Å². The molecule has 0 aliphatic carbocycles. The monoisotopic (exact) mass is 466 g/mol. The molecule has 0 aliphatic heterocycles. The smallest absolute Gasteiger partial charge is 0.0340 e. The van der Waals surface area contributed by atoms with Crippen molar-refractivity contribution in [3.8, 4) is 0 Å². The summed E-state index contributed by atoms with van der Waals surface area (Å²) < 4.78 is 0. The number of nitrogens with one attached hydrogen (secondary N) is 2. The van der Waals surface area contributed by atoms with Crippen molar-refractivity contribution < 1.29 is 0 Å². The van der Waals surface area contributed by atoms with Gasteiger partial charge in [0, 0.05) is 24.5 Å². The number of anilines is 2. The molecular formula is C27H44Cl2N2. The van der Waals surface area contributed by atoms with E-state index >= 15 is 0 Å². The van der Waals surface area contributed by atoms with E-state index in [4.69, 9.17) is 0 Å². The first-order chi connectivity index (χ1) is 14.3. The summed E-state index contributed by atoms with van der Waals surface area (Å²) in [5.74, 6) is 0. The fourth-order valence-corrected chi connectivity index (χ4v) is 3.64. The second kappa shape index (κ2) is 19.3. The van der Waals surface area contributed by atoms with Crippen LogP contribution in [0.5, 0.6) is 0 Å². The Morgan fingerprint density at radius 3 is 1.19 bits per heavy atom. The highest BCUT2D eigenvalue weighted by molar-refractivity contribution is 5.85. The largest absolute Gasteiger partial charge is 0.385 e. The average molecular weight is 468 g/mol. The van der Waals surface area contributed by atoms with Crippen molar-refractivity contribution in [2.24, 2.45) is 0 Å². The molecule has 176 valence electrons. The van der Waals surface area contributed by atoms with Gasteiger partial charge >= 0.3 is 0 Å². The molecule has 0 bridgehead atoms. The molecule has 0 heterocycles. The molecule has 2 rings (SSSR count). The summed E-state index contributed by atoms with van der Waals surface area (Å²) in [5, 5.41) is 7.09. The first-order valence-corrected chi connectivity index (χ1v) is 12.0. The zero-order valence-electron chi connectivity index (χ0n) is 19.6. The zero-order valence-corrected chi connectivity index (χ0v) is 21.3. The third kappa shape index (κ3) is 13.6. The lowest BCUT2D eigenvalue weighted by Crippen LogP contribution is -2.02. The number of benzene rings is 2. The summed E-state index contributed by atoms with van der Waals surface area (Å²) in [7, 11) is 0. The molecule has 2 aromatic rings. The fourth-order valence-electron chi connectivity index (χ4n) is 3.64. The van der Waals surface area contributed by atoms with E-state index in [9.17, 15) is 0 Å². The second-order valence-electron chi connectivity index (χ2n) is 8.25. The molecule has 0 spiro atoms. The highest BCUT2D eigenvalue weighted by Crippen LogP contribution is 2.16. The van der Waals surface area contributed by atoms with Crippen LogP contribution in [0.3, 0.4) is 0 Å². The van der Waals surface area contributed by atoms with Gasteiger partial charge in [0.05, 0.1) is 0 Å². The molecule has 0 aliphatic rings. The SMILES string of the molecule is CCCCCCCNc1ccc(Cc2ccc(NCCCCCCC)cc2)cc1.Cl.Cl.